The van der Waals surface area contributed by atoms with Crippen molar-refractivity contribution >= 4 is 5.91 Å². The van der Waals surface area contributed by atoms with E-state index in [2.05, 4.69) is 34.5 Å². The molecule has 0 unspecified atom stereocenters. The Morgan fingerprint density at radius 1 is 1.24 bits per heavy atom. The molecule has 1 aromatic carbocycles. The van der Waals surface area contributed by atoms with Gasteiger partial charge >= 0.3 is 0 Å². The van der Waals surface area contributed by atoms with Gasteiger partial charge in [-0.25, -0.2) is 0 Å². The van der Waals surface area contributed by atoms with Crippen molar-refractivity contribution in [2.45, 2.75) is 51.3 Å². The highest BCUT2D eigenvalue weighted by atomic mass is 16.5. The number of rotatable bonds is 4. The predicted molar refractivity (Wildman–Crippen MR) is 82.2 cm³/mol. The third-order valence-corrected chi connectivity index (χ3v) is 4.24. The molecular formula is C17H24N2O2. The van der Waals surface area contributed by atoms with E-state index >= 15 is 0 Å². The first-order valence-corrected chi connectivity index (χ1v) is 7.96. The average molecular weight is 288 g/mol. The van der Waals surface area contributed by atoms with E-state index < -0.39 is 0 Å². The van der Waals surface area contributed by atoms with Gasteiger partial charge < -0.3 is 10.1 Å². The molecule has 1 atom stereocenters. The number of ether oxygens (including phenoxy) is 1. The number of carbonyl (C=O) groups is 1. The fraction of sp³-hybridized carbons (Fsp3) is 0.588. The Morgan fingerprint density at radius 2 is 1.95 bits per heavy atom. The summed E-state index contributed by atoms with van der Waals surface area (Å²) in [5, 5.41) is 2.94. The Morgan fingerprint density at radius 3 is 2.62 bits per heavy atom. The normalized spacial score (nSPS) is 24.0. The van der Waals surface area contributed by atoms with E-state index in [1.807, 2.05) is 6.92 Å². The van der Waals surface area contributed by atoms with Crippen LogP contribution in [0.4, 0.5) is 0 Å². The number of hydrogen-bond acceptors (Lipinski definition) is 3. The molecular weight excluding hydrogens is 264 g/mol. The molecule has 114 valence electrons. The molecule has 0 aromatic heterocycles. The summed E-state index contributed by atoms with van der Waals surface area (Å²) in [6.45, 7) is 4.26. The Kier molecular flexibility index (Phi) is 4.44. The van der Waals surface area contributed by atoms with Gasteiger partial charge in [-0.15, -0.1) is 0 Å². The van der Waals surface area contributed by atoms with Crippen LogP contribution in [-0.2, 0) is 11.3 Å². The Bertz CT molecular complexity index is 480. The smallest absolute Gasteiger partial charge is 0.234 e. The van der Waals surface area contributed by atoms with Gasteiger partial charge in [0.2, 0.25) is 5.91 Å². The van der Waals surface area contributed by atoms with E-state index in [1.54, 1.807) is 0 Å². The van der Waals surface area contributed by atoms with Crippen LogP contribution in [0.5, 0.6) is 5.75 Å². The van der Waals surface area contributed by atoms with Gasteiger partial charge in [-0.1, -0.05) is 12.1 Å². The van der Waals surface area contributed by atoms with Crippen LogP contribution in [0.15, 0.2) is 24.3 Å². The fourth-order valence-corrected chi connectivity index (χ4v) is 3.27. The van der Waals surface area contributed by atoms with Gasteiger partial charge in [-0.05, 0) is 50.3 Å². The van der Waals surface area contributed by atoms with Gasteiger partial charge in [0.05, 0.1) is 12.6 Å². The molecule has 1 aliphatic carbocycles. The van der Waals surface area contributed by atoms with Crippen LogP contribution >= 0.6 is 0 Å². The quantitative estimate of drug-likeness (QED) is 0.924. The van der Waals surface area contributed by atoms with Crippen molar-refractivity contribution in [2.24, 2.45) is 0 Å². The van der Waals surface area contributed by atoms with Gasteiger partial charge in [0.15, 0.2) is 0 Å². The molecule has 1 aromatic rings. The summed E-state index contributed by atoms with van der Waals surface area (Å²) in [5.41, 5.74) is 1.23. The molecule has 1 saturated carbocycles. The minimum absolute atomic E-state index is 0.120. The Hall–Kier alpha value is -1.55. The number of benzene rings is 1. The summed E-state index contributed by atoms with van der Waals surface area (Å²) in [4.78, 5) is 13.7. The second-order valence-electron chi connectivity index (χ2n) is 6.31. The summed E-state index contributed by atoms with van der Waals surface area (Å²) in [6, 6.07) is 8.57. The van der Waals surface area contributed by atoms with Crippen molar-refractivity contribution in [1.29, 1.82) is 0 Å². The molecule has 1 heterocycles. The lowest BCUT2D eigenvalue weighted by Gasteiger charge is -2.31. The summed E-state index contributed by atoms with van der Waals surface area (Å²) in [5.74, 6) is 1.09. The van der Waals surface area contributed by atoms with Crippen LogP contribution in [0.25, 0.3) is 0 Å². The van der Waals surface area contributed by atoms with E-state index in [9.17, 15) is 4.79 Å². The highest BCUT2D eigenvalue weighted by molar-refractivity contribution is 5.79. The van der Waals surface area contributed by atoms with Gasteiger partial charge in [0, 0.05) is 19.1 Å². The van der Waals surface area contributed by atoms with Crippen LogP contribution in [0, 0.1) is 0 Å². The Balaban J connectivity index is 1.55. The minimum atomic E-state index is 0.120. The summed E-state index contributed by atoms with van der Waals surface area (Å²) in [6.07, 6.45) is 5.35. The number of hydrogen-bond donors (Lipinski definition) is 1. The van der Waals surface area contributed by atoms with Crippen LogP contribution in [-0.4, -0.2) is 36.0 Å². The van der Waals surface area contributed by atoms with E-state index in [0.29, 0.717) is 12.6 Å². The molecule has 4 heteroatoms. The first-order chi connectivity index (χ1) is 10.2. The molecule has 2 fully saturated rings. The maximum atomic E-state index is 11.5. The van der Waals surface area contributed by atoms with Gasteiger partial charge in [0.1, 0.15) is 5.75 Å². The van der Waals surface area contributed by atoms with Crippen molar-refractivity contribution in [3.63, 3.8) is 0 Å². The zero-order chi connectivity index (χ0) is 14.7. The van der Waals surface area contributed by atoms with Crippen molar-refractivity contribution in [3.8, 4) is 5.75 Å². The third kappa shape index (κ3) is 3.97. The molecule has 1 amide bonds. The molecule has 0 radical (unpaired) electrons. The molecule has 0 spiro atoms. The first-order valence-electron chi connectivity index (χ1n) is 7.96. The maximum Gasteiger partial charge on any atom is 0.234 e. The lowest BCUT2D eigenvalue weighted by molar-refractivity contribution is -0.125. The zero-order valence-electron chi connectivity index (χ0n) is 12.7. The van der Waals surface area contributed by atoms with Crippen molar-refractivity contribution in [3.05, 3.63) is 29.8 Å². The van der Waals surface area contributed by atoms with Gasteiger partial charge in [0.25, 0.3) is 0 Å². The number of nitrogens with zero attached hydrogens (tertiary/aromatic N) is 1. The van der Waals surface area contributed by atoms with Gasteiger partial charge in [-0.3, -0.25) is 9.69 Å². The third-order valence-electron chi connectivity index (χ3n) is 4.24. The van der Waals surface area contributed by atoms with E-state index in [0.717, 1.165) is 18.8 Å². The summed E-state index contributed by atoms with van der Waals surface area (Å²) in [7, 11) is 0. The highest BCUT2D eigenvalue weighted by Gasteiger charge is 2.21. The molecule has 1 aliphatic heterocycles. The second-order valence-corrected chi connectivity index (χ2v) is 6.31. The lowest BCUT2D eigenvalue weighted by atomic mass is 10.1. The van der Waals surface area contributed by atoms with Crippen molar-refractivity contribution in [2.75, 3.05) is 13.1 Å². The molecule has 1 N–H and O–H groups in total. The van der Waals surface area contributed by atoms with Crippen LogP contribution < -0.4 is 10.1 Å². The molecule has 21 heavy (non-hydrogen) atoms. The largest absolute Gasteiger partial charge is 0.490 e. The molecule has 2 aliphatic rings. The minimum Gasteiger partial charge on any atom is -0.490 e. The predicted octanol–water partition coefficient (Wildman–Crippen LogP) is 2.33. The fourth-order valence-electron chi connectivity index (χ4n) is 3.27. The van der Waals surface area contributed by atoms with Crippen molar-refractivity contribution in [1.82, 2.24) is 10.2 Å². The molecule has 4 nitrogen and oxygen atoms in total. The van der Waals surface area contributed by atoms with Crippen molar-refractivity contribution < 1.29 is 9.53 Å². The standard InChI is InChI=1S/C17H24N2O2/c1-13-10-19(12-17(20)18-13)11-14-6-8-16(9-7-14)21-15-4-2-3-5-15/h6-9,13,15H,2-5,10-12H2,1H3,(H,18,20)/t13-/m0/s1. The van der Waals surface area contributed by atoms with Gasteiger partial charge in [-0.2, -0.15) is 0 Å². The number of piperazine rings is 1. The van der Waals surface area contributed by atoms with E-state index in [4.69, 9.17) is 4.74 Å². The van der Waals surface area contributed by atoms with Crippen LogP contribution in [0.3, 0.4) is 0 Å². The molecule has 3 rings (SSSR count). The monoisotopic (exact) mass is 288 g/mol. The maximum absolute atomic E-state index is 11.5. The first kappa shape index (κ1) is 14.4. The van der Waals surface area contributed by atoms with Crippen LogP contribution in [0.2, 0.25) is 0 Å². The number of nitrogens with one attached hydrogen (secondary N) is 1. The van der Waals surface area contributed by atoms with Crippen LogP contribution in [0.1, 0.15) is 38.2 Å². The van der Waals surface area contributed by atoms with E-state index in [-0.39, 0.29) is 11.9 Å². The second kappa shape index (κ2) is 6.48. The van der Waals surface area contributed by atoms with E-state index in [1.165, 1.54) is 31.2 Å². The lowest BCUT2D eigenvalue weighted by Crippen LogP contribution is -2.52. The Labute approximate surface area is 126 Å². The topological polar surface area (TPSA) is 41.6 Å². The summed E-state index contributed by atoms with van der Waals surface area (Å²) >= 11 is 0. The molecule has 0 bridgehead atoms. The highest BCUT2D eigenvalue weighted by Crippen LogP contribution is 2.24. The zero-order valence-corrected chi connectivity index (χ0v) is 12.7. The molecule has 1 saturated heterocycles. The SMILES string of the molecule is C[C@H]1CN(Cc2ccc(OC3CCCC3)cc2)CC(=O)N1. The number of amides is 1. The summed E-state index contributed by atoms with van der Waals surface area (Å²) < 4.78 is 5.98. The average Bonchev–Trinajstić information content (AvgIpc) is 2.93. The number of carbonyl (C=O) groups excluding carboxylic acids is 1.